The SMILES string of the molecule is COc1ccc(-n2c(=S)[nH]cc(CC(=O)O)c2=O)cc1. The quantitative estimate of drug-likeness (QED) is 0.835. The molecule has 0 saturated heterocycles. The predicted octanol–water partition coefficient (Wildman–Crippen LogP) is 1.53. The van der Waals surface area contributed by atoms with Crippen molar-refractivity contribution in [3.05, 3.63) is 51.2 Å². The number of carboxylic acid groups (broad SMARTS) is 1. The minimum absolute atomic E-state index is 0.141. The zero-order chi connectivity index (χ0) is 14.7. The van der Waals surface area contributed by atoms with Crippen molar-refractivity contribution in [1.29, 1.82) is 0 Å². The van der Waals surface area contributed by atoms with Crippen LogP contribution in [-0.4, -0.2) is 27.7 Å². The van der Waals surface area contributed by atoms with Crippen molar-refractivity contribution in [2.75, 3.05) is 7.11 Å². The van der Waals surface area contributed by atoms with Crippen molar-refractivity contribution in [3.63, 3.8) is 0 Å². The Hall–Kier alpha value is -2.41. The number of nitrogens with one attached hydrogen (secondary N) is 1. The minimum Gasteiger partial charge on any atom is -0.497 e. The molecule has 2 aromatic rings. The minimum atomic E-state index is -1.08. The smallest absolute Gasteiger partial charge is 0.308 e. The summed E-state index contributed by atoms with van der Waals surface area (Å²) < 4.78 is 6.50. The van der Waals surface area contributed by atoms with E-state index in [0.717, 1.165) is 0 Å². The molecule has 6 nitrogen and oxygen atoms in total. The highest BCUT2D eigenvalue weighted by Gasteiger charge is 2.10. The molecule has 2 N–H and O–H groups in total. The second-order valence-electron chi connectivity index (χ2n) is 4.03. The lowest BCUT2D eigenvalue weighted by Gasteiger charge is -2.08. The fourth-order valence-electron chi connectivity index (χ4n) is 1.77. The number of nitrogens with zero attached hydrogens (tertiary/aromatic N) is 1. The first-order valence-corrected chi connectivity index (χ1v) is 6.13. The number of ether oxygens (including phenoxy) is 1. The van der Waals surface area contributed by atoms with Crippen molar-refractivity contribution >= 4 is 18.2 Å². The summed E-state index contributed by atoms with van der Waals surface area (Å²) in [5, 5.41) is 8.79. The van der Waals surface area contributed by atoms with E-state index in [1.54, 1.807) is 31.4 Å². The molecule has 7 heteroatoms. The summed E-state index contributed by atoms with van der Waals surface area (Å²) in [6, 6.07) is 6.74. The number of aromatic amines is 1. The number of carboxylic acids is 1. The molecule has 20 heavy (non-hydrogen) atoms. The maximum atomic E-state index is 12.3. The Labute approximate surface area is 119 Å². The van der Waals surface area contributed by atoms with Gasteiger partial charge in [-0.3, -0.25) is 14.2 Å². The Morgan fingerprint density at radius 2 is 2.05 bits per heavy atom. The number of H-pyrrole nitrogens is 1. The van der Waals surface area contributed by atoms with Gasteiger partial charge < -0.3 is 14.8 Å². The summed E-state index contributed by atoms with van der Waals surface area (Å²) in [4.78, 5) is 25.7. The number of hydrogen-bond donors (Lipinski definition) is 2. The van der Waals surface area contributed by atoms with Crippen LogP contribution in [-0.2, 0) is 11.2 Å². The van der Waals surface area contributed by atoms with Gasteiger partial charge in [0.1, 0.15) is 5.75 Å². The topological polar surface area (TPSA) is 84.3 Å². The van der Waals surface area contributed by atoms with Gasteiger partial charge in [-0.05, 0) is 36.5 Å². The van der Waals surface area contributed by atoms with Gasteiger partial charge in [-0.25, -0.2) is 0 Å². The van der Waals surface area contributed by atoms with E-state index in [9.17, 15) is 9.59 Å². The third-order valence-electron chi connectivity index (χ3n) is 2.72. The second kappa shape index (κ2) is 5.70. The van der Waals surface area contributed by atoms with Gasteiger partial charge in [0.25, 0.3) is 5.56 Å². The van der Waals surface area contributed by atoms with E-state index in [0.29, 0.717) is 11.4 Å². The highest BCUT2D eigenvalue weighted by atomic mass is 32.1. The van der Waals surface area contributed by atoms with Crippen LogP contribution >= 0.6 is 12.2 Å². The summed E-state index contributed by atoms with van der Waals surface area (Å²) in [7, 11) is 1.54. The van der Waals surface area contributed by atoms with Crippen LogP contribution in [0.1, 0.15) is 5.56 Å². The lowest BCUT2D eigenvalue weighted by Crippen LogP contribution is -2.25. The Kier molecular flexibility index (Phi) is 3.99. The number of hydrogen-bond acceptors (Lipinski definition) is 4. The van der Waals surface area contributed by atoms with E-state index in [4.69, 9.17) is 22.1 Å². The maximum absolute atomic E-state index is 12.3. The molecule has 0 bridgehead atoms. The number of carbonyl (C=O) groups is 1. The largest absolute Gasteiger partial charge is 0.497 e. The number of aromatic nitrogens is 2. The average molecular weight is 292 g/mol. The van der Waals surface area contributed by atoms with E-state index in [1.165, 1.54) is 10.8 Å². The third-order valence-corrected chi connectivity index (χ3v) is 3.02. The standard InChI is InChI=1S/C13H12N2O4S/c1-19-10-4-2-9(3-5-10)15-12(18)8(6-11(16)17)7-14-13(15)20/h2-5,7H,6H2,1H3,(H,14,20)(H,16,17). The van der Waals surface area contributed by atoms with Crippen LogP contribution in [0.15, 0.2) is 35.3 Å². The molecule has 104 valence electrons. The van der Waals surface area contributed by atoms with E-state index in [2.05, 4.69) is 4.98 Å². The lowest BCUT2D eigenvalue weighted by atomic mass is 10.2. The number of aliphatic carboxylic acids is 1. The molecule has 0 aliphatic rings. The van der Waals surface area contributed by atoms with Crippen molar-refractivity contribution in [2.24, 2.45) is 0 Å². The van der Waals surface area contributed by atoms with Gasteiger partial charge >= 0.3 is 5.97 Å². The summed E-state index contributed by atoms with van der Waals surface area (Å²) in [5.41, 5.74) is 0.243. The molecule has 0 aliphatic carbocycles. The van der Waals surface area contributed by atoms with Crippen molar-refractivity contribution in [2.45, 2.75) is 6.42 Å². The maximum Gasteiger partial charge on any atom is 0.308 e. The van der Waals surface area contributed by atoms with Crippen LogP contribution in [0.4, 0.5) is 0 Å². The highest BCUT2D eigenvalue weighted by molar-refractivity contribution is 7.71. The van der Waals surface area contributed by atoms with Gasteiger partial charge in [0.15, 0.2) is 4.77 Å². The molecule has 0 unspecified atom stereocenters. The molecule has 1 aromatic heterocycles. The summed E-state index contributed by atoms with van der Waals surface area (Å²) in [5.74, 6) is -0.424. The molecule has 2 rings (SSSR count). The normalized spacial score (nSPS) is 10.2. The van der Waals surface area contributed by atoms with Crippen LogP contribution in [0, 0.1) is 4.77 Å². The fraction of sp³-hybridized carbons (Fsp3) is 0.154. The Balaban J connectivity index is 2.57. The van der Waals surface area contributed by atoms with E-state index in [-0.39, 0.29) is 16.8 Å². The van der Waals surface area contributed by atoms with Crippen LogP contribution in [0.3, 0.4) is 0 Å². The molecular formula is C13H12N2O4S. The second-order valence-corrected chi connectivity index (χ2v) is 4.41. The van der Waals surface area contributed by atoms with Crippen LogP contribution < -0.4 is 10.3 Å². The summed E-state index contributed by atoms with van der Waals surface area (Å²) in [6.45, 7) is 0. The first-order chi connectivity index (χ1) is 9.52. The molecule has 0 spiro atoms. The number of rotatable bonds is 4. The molecule has 0 atom stereocenters. The summed E-state index contributed by atoms with van der Waals surface area (Å²) in [6.07, 6.45) is 0.972. The Morgan fingerprint density at radius 1 is 1.40 bits per heavy atom. The van der Waals surface area contributed by atoms with Crippen LogP contribution in [0.2, 0.25) is 0 Å². The van der Waals surface area contributed by atoms with Gasteiger partial charge in [-0.1, -0.05) is 0 Å². The Bertz CT molecular complexity index is 746. The first kappa shape index (κ1) is 14.0. The molecular weight excluding hydrogens is 280 g/mol. The summed E-state index contributed by atoms with van der Waals surface area (Å²) >= 11 is 5.08. The third kappa shape index (κ3) is 2.77. The highest BCUT2D eigenvalue weighted by Crippen LogP contribution is 2.13. The lowest BCUT2D eigenvalue weighted by molar-refractivity contribution is -0.136. The molecule has 0 amide bonds. The fourth-order valence-corrected chi connectivity index (χ4v) is 2.01. The average Bonchev–Trinajstić information content (AvgIpc) is 2.42. The van der Waals surface area contributed by atoms with Crippen molar-refractivity contribution in [1.82, 2.24) is 9.55 Å². The predicted molar refractivity (Wildman–Crippen MR) is 75.1 cm³/mol. The van der Waals surface area contributed by atoms with Crippen molar-refractivity contribution in [3.8, 4) is 11.4 Å². The van der Waals surface area contributed by atoms with E-state index >= 15 is 0 Å². The monoisotopic (exact) mass is 292 g/mol. The van der Waals surface area contributed by atoms with E-state index < -0.39 is 11.5 Å². The number of methoxy groups -OCH3 is 1. The molecule has 0 fully saturated rings. The van der Waals surface area contributed by atoms with Gasteiger partial charge in [-0.15, -0.1) is 0 Å². The van der Waals surface area contributed by atoms with Gasteiger partial charge in [-0.2, -0.15) is 0 Å². The zero-order valence-electron chi connectivity index (χ0n) is 10.6. The van der Waals surface area contributed by atoms with Gasteiger partial charge in [0, 0.05) is 11.8 Å². The first-order valence-electron chi connectivity index (χ1n) is 5.72. The molecule has 1 heterocycles. The van der Waals surface area contributed by atoms with Crippen molar-refractivity contribution < 1.29 is 14.6 Å². The molecule has 0 radical (unpaired) electrons. The van der Waals surface area contributed by atoms with Crippen LogP contribution in [0.25, 0.3) is 5.69 Å². The number of benzene rings is 1. The molecule has 1 aromatic carbocycles. The Morgan fingerprint density at radius 3 is 2.60 bits per heavy atom. The molecule has 0 aliphatic heterocycles. The van der Waals surface area contributed by atoms with E-state index in [1.807, 2.05) is 0 Å². The van der Waals surface area contributed by atoms with Gasteiger partial charge in [0.05, 0.1) is 19.2 Å². The van der Waals surface area contributed by atoms with Gasteiger partial charge in [0.2, 0.25) is 0 Å². The zero-order valence-corrected chi connectivity index (χ0v) is 11.4. The molecule has 0 saturated carbocycles. The van der Waals surface area contributed by atoms with Crippen LogP contribution in [0.5, 0.6) is 5.75 Å².